The fraction of sp³-hybridized carbons (Fsp3) is 0.273. The van der Waals surface area contributed by atoms with Crippen LogP contribution < -0.4 is 0 Å². The number of esters is 2. The third kappa shape index (κ3) is 2.21. The summed E-state index contributed by atoms with van der Waals surface area (Å²) in [5.74, 6) is -2.25. The van der Waals surface area contributed by atoms with Crippen LogP contribution in [0.4, 0.5) is 0 Å². The first-order chi connectivity index (χ1) is 13.1. The van der Waals surface area contributed by atoms with Gasteiger partial charge < -0.3 is 14.2 Å². The molecule has 5 heteroatoms. The summed E-state index contributed by atoms with van der Waals surface area (Å²) in [6.45, 7) is 0. The molecular formula is C22H18O5. The van der Waals surface area contributed by atoms with Crippen molar-refractivity contribution in [3.8, 4) is 0 Å². The summed E-state index contributed by atoms with van der Waals surface area (Å²) in [4.78, 5) is 24.7. The summed E-state index contributed by atoms with van der Waals surface area (Å²) in [7, 11) is 2.66. The molecule has 1 saturated heterocycles. The molecule has 0 N–H and O–H groups in total. The third-order valence-corrected chi connectivity index (χ3v) is 5.80. The minimum absolute atomic E-state index is 0.442. The lowest BCUT2D eigenvalue weighted by molar-refractivity contribution is -0.157. The van der Waals surface area contributed by atoms with Crippen LogP contribution in [0.3, 0.4) is 0 Å². The summed E-state index contributed by atoms with van der Waals surface area (Å²) >= 11 is 0. The Hall–Kier alpha value is -2.92. The van der Waals surface area contributed by atoms with Gasteiger partial charge in [0, 0.05) is 0 Å². The average Bonchev–Trinajstić information content (AvgIpc) is 3.25. The van der Waals surface area contributed by atoms with E-state index >= 15 is 0 Å². The highest BCUT2D eigenvalue weighted by atomic mass is 16.6. The molecule has 5 nitrogen and oxygen atoms in total. The van der Waals surface area contributed by atoms with E-state index in [4.69, 9.17) is 14.2 Å². The van der Waals surface area contributed by atoms with Gasteiger partial charge in [0.15, 0.2) is 0 Å². The van der Waals surface area contributed by atoms with E-state index in [1.807, 2.05) is 12.1 Å². The predicted molar refractivity (Wildman–Crippen MR) is 99.0 cm³/mol. The Morgan fingerprint density at radius 2 is 1.19 bits per heavy atom. The summed E-state index contributed by atoms with van der Waals surface area (Å²) < 4.78 is 16.0. The molecule has 2 bridgehead atoms. The van der Waals surface area contributed by atoms with Crippen molar-refractivity contribution in [3.63, 3.8) is 0 Å². The number of carbonyl (C=O) groups is 2. The van der Waals surface area contributed by atoms with Crippen molar-refractivity contribution in [2.24, 2.45) is 11.8 Å². The van der Waals surface area contributed by atoms with Crippen LogP contribution in [0.5, 0.6) is 0 Å². The standard InChI is InChI=1S/C22H18O5/c1-25-21(23)17-18(22(24)26-2)20-16-10-14-8-12-6-4-3-5-11(12)7-13(14)9-15(16)19(17)27-20/h3-10,17-20H,1-2H3/t17-,18-,19-,20+/m1/s1. The minimum Gasteiger partial charge on any atom is -0.469 e. The van der Waals surface area contributed by atoms with Crippen LogP contribution in [0, 0.1) is 11.8 Å². The quantitative estimate of drug-likeness (QED) is 0.514. The Morgan fingerprint density at radius 1 is 0.741 bits per heavy atom. The highest BCUT2D eigenvalue weighted by molar-refractivity contribution is 5.99. The second-order valence-electron chi connectivity index (χ2n) is 7.10. The lowest BCUT2D eigenvalue weighted by atomic mass is 9.75. The van der Waals surface area contributed by atoms with Crippen LogP contribution in [0.2, 0.25) is 0 Å². The molecule has 0 radical (unpaired) electrons. The predicted octanol–water partition coefficient (Wildman–Crippen LogP) is 3.70. The minimum atomic E-state index is -0.683. The maximum Gasteiger partial charge on any atom is 0.312 e. The van der Waals surface area contributed by atoms with E-state index < -0.39 is 36.0 Å². The van der Waals surface area contributed by atoms with Crippen LogP contribution >= 0.6 is 0 Å². The fourth-order valence-corrected chi connectivity index (χ4v) is 4.57. The molecule has 136 valence electrons. The molecule has 0 unspecified atom stereocenters. The van der Waals surface area contributed by atoms with Gasteiger partial charge in [0.1, 0.15) is 11.8 Å². The van der Waals surface area contributed by atoms with Crippen molar-refractivity contribution in [2.45, 2.75) is 12.2 Å². The Morgan fingerprint density at radius 3 is 1.59 bits per heavy atom. The molecular weight excluding hydrogens is 344 g/mol. The van der Waals surface area contributed by atoms with Gasteiger partial charge in [0.2, 0.25) is 0 Å². The molecule has 1 fully saturated rings. The first kappa shape index (κ1) is 16.3. The van der Waals surface area contributed by atoms with E-state index in [0.29, 0.717) is 0 Å². The van der Waals surface area contributed by atoms with Gasteiger partial charge in [-0.2, -0.15) is 0 Å². The molecule has 0 aliphatic carbocycles. The van der Waals surface area contributed by atoms with Gasteiger partial charge in [-0.25, -0.2) is 0 Å². The third-order valence-electron chi connectivity index (χ3n) is 5.80. The Balaban J connectivity index is 1.70. The molecule has 3 aromatic rings. The van der Waals surface area contributed by atoms with E-state index in [1.54, 1.807) is 0 Å². The second kappa shape index (κ2) is 5.79. The second-order valence-corrected chi connectivity index (χ2v) is 7.10. The number of rotatable bonds is 2. The van der Waals surface area contributed by atoms with Gasteiger partial charge >= 0.3 is 11.9 Å². The van der Waals surface area contributed by atoms with Crippen molar-refractivity contribution in [2.75, 3.05) is 14.2 Å². The zero-order valence-electron chi connectivity index (χ0n) is 15.0. The lowest BCUT2D eigenvalue weighted by Gasteiger charge is -2.26. The van der Waals surface area contributed by atoms with Crippen molar-refractivity contribution < 1.29 is 23.8 Å². The molecule has 0 saturated carbocycles. The Bertz CT molecular complexity index is 1020. The van der Waals surface area contributed by atoms with E-state index in [-0.39, 0.29) is 0 Å². The van der Waals surface area contributed by atoms with Gasteiger partial charge in [-0.3, -0.25) is 9.59 Å². The highest BCUT2D eigenvalue weighted by Gasteiger charge is 2.59. The van der Waals surface area contributed by atoms with E-state index in [2.05, 4.69) is 36.4 Å². The SMILES string of the molecule is COC(=O)[C@@H]1[C@@H](C(=O)OC)[C@H]2O[C@@H]1c1cc3cc4ccccc4cc3cc12. The van der Waals surface area contributed by atoms with Crippen LogP contribution in [0.25, 0.3) is 21.5 Å². The van der Waals surface area contributed by atoms with Crippen molar-refractivity contribution in [1.29, 1.82) is 0 Å². The van der Waals surface area contributed by atoms with Crippen LogP contribution in [-0.2, 0) is 23.8 Å². The lowest BCUT2D eigenvalue weighted by Crippen LogP contribution is -2.35. The van der Waals surface area contributed by atoms with Crippen LogP contribution in [-0.4, -0.2) is 26.2 Å². The largest absolute Gasteiger partial charge is 0.469 e. The molecule has 5 rings (SSSR count). The molecule has 4 atom stereocenters. The molecule has 27 heavy (non-hydrogen) atoms. The molecule has 2 aliphatic heterocycles. The first-order valence-corrected chi connectivity index (χ1v) is 8.90. The normalized spacial score (nSPS) is 25.6. The van der Waals surface area contributed by atoms with Crippen molar-refractivity contribution in [3.05, 3.63) is 59.7 Å². The van der Waals surface area contributed by atoms with E-state index in [0.717, 1.165) is 32.7 Å². The maximum absolute atomic E-state index is 12.4. The number of hydrogen-bond donors (Lipinski definition) is 0. The summed E-state index contributed by atoms with van der Waals surface area (Å²) in [6, 6.07) is 16.6. The Labute approximate surface area is 155 Å². The van der Waals surface area contributed by atoms with Gasteiger partial charge in [-0.15, -0.1) is 0 Å². The van der Waals surface area contributed by atoms with Crippen LogP contribution in [0.15, 0.2) is 48.5 Å². The van der Waals surface area contributed by atoms with E-state index in [1.165, 1.54) is 14.2 Å². The monoisotopic (exact) mass is 362 g/mol. The number of carbonyl (C=O) groups excluding carboxylic acids is 2. The van der Waals surface area contributed by atoms with Gasteiger partial charge in [0.25, 0.3) is 0 Å². The Kier molecular flexibility index (Phi) is 3.49. The molecule has 0 aromatic heterocycles. The van der Waals surface area contributed by atoms with Gasteiger partial charge in [-0.1, -0.05) is 24.3 Å². The maximum atomic E-state index is 12.4. The highest BCUT2D eigenvalue weighted by Crippen LogP contribution is 2.58. The fourth-order valence-electron chi connectivity index (χ4n) is 4.57. The summed E-state index contributed by atoms with van der Waals surface area (Å²) in [5, 5.41) is 4.49. The van der Waals surface area contributed by atoms with E-state index in [9.17, 15) is 9.59 Å². The van der Waals surface area contributed by atoms with Gasteiger partial charge in [-0.05, 0) is 56.9 Å². The first-order valence-electron chi connectivity index (χ1n) is 8.90. The molecule has 3 aromatic carbocycles. The molecule has 0 spiro atoms. The number of ether oxygens (including phenoxy) is 3. The van der Waals surface area contributed by atoms with Crippen molar-refractivity contribution in [1.82, 2.24) is 0 Å². The number of methoxy groups -OCH3 is 2. The van der Waals surface area contributed by atoms with Crippen LogP contribution in [0.1, 0.15) is 23.3 Å². The number of fused-ring (bicyclic) bond motifs is 7. The zero-order chi connectivity index (χ0) is 18.7. The van der Waals surface area contributed by atoms with Gasteiger partial charge in [0.05, 0.1) is 26.4 Å². The topological polar surface area (TPSA) is 61.8 Å². The number of hydrogen-bond acceptors (Lipinski definition) is 5. The zero-order valence-corrected chi connectivity index (χ0v) is 15.0. The number of benzene rings is 3. The summed E-state index contributed by atoms with van der Waals surface area (Å²) in [6.07, 6.45) is -0.977. The van der Waals surface area contributed by atoms with Crippen molar-refractivity contribution >= 4 is 33.5 Å². The average molecular weight is 362 g/mol. The smallest absolute Gasteiger partial charge is 0.312 e. The summed E-state index contributed by atoms with van der Waals surface area (Å²) in [5.41, 5.74) is 1.91. The molecule has 2 heterocycles. The molecule has 0 amide bonds. The molecule has 2 aliphatic rings.